The Kier molecular flexibility index (Phi) is 5.89. The van der Waals surface area contributed by atoms with E-state index in [0.29, 0.717) is 18.4 Å². The number of H-pyrrole nitrogens is 1. The number of hydrogen-bond donors (Lipinski definition) is 2. The Hall–Kier alpha value is -2.89. The van der Waals surface area contributed by atoms with Crippen LogP contribution in [-0.4, -0.2) is 39.7 Å². The van der Waals surface area contributed by atoms with Gasteiger partial charge in [0.15, 0.2) is 0 Å². The summed E-state index contributed by atoms with van der Waals surface area (Å²) in [5, 5.41) is 16.3. The Morgan fingerprint density at radius 3 is 2.45 bits per heavy atom. The SMILES string of the molecule is C[C@H]1CC[C@H](c2ccccc2)S(=O)(=O)N1Cc1cc(F)c([C@]2(c3n[nH]c(=O)o3)C[C@](O)(C3CC3)C2)cc1F. The molecule has 1 aromatic heterocycles. The number of benzene rings is 2. The van der Waals surface area contributed by atoms with Crippen LogP contribution in [-0.2, 0) is 22.0 Å². The van der Waals surface area contributed by atoms with Gasteiger partial charge in [-0.05, 0) is 69.1 Å². The normalized spacial score (nSPS) is 31.2. The van der Waals surface area contributed by atoms with Gasteiger partial charge in [-0.3, -0.25) is 0 Å². The number of halogens is 2. The number of nitrogens with zero attached hydrogens (tertiary/aromatic N) is 2. The highest BCUT2D eigenvalue weighted by Crippen LogP contribution is 2.61. The third-order valence-corrected chi connectivity index (χ3v) is 10.9. The molecule has 3 aliphatic rings. The molecular formula is C27H29F2N3O5S. The fourth-order valence-electron chi connectivity index (χ4n) is 6.39. The lowest BCUT2D eigenvalue weighted by Gasteiger charge is -2.52. The van der Waals surface area contributed by atoms with Crippen LogP contribution in [0.25, 0.3) is 0 Å². The van der Waals surface area contributed by atoms with Gasteiger partial charge in [0.05, 0.1) is 11.0 Å². The molecule has 1 saturated heterocycles. The van der Waals surface area contributed by atoms with Gasteiger partial charge in [-0.15, -0.1) is 5.10 Å². The Morgan fingerprint density at radius 1 is 1.11 bits per heavy atom. The van der Waals surface area contributed by atoms with E-state index in [1.54, 1.807) is 31.2 Å². The van der Waals surface area contributed by atoms with E-state index in [0.717, 1.165) is 25.0 Å². The van der Waals surface area contributed by atoms with E-state index in [4.69, 9.17) is 4.42 Å². The van der Waals surface area contributed by atoms with E-state index in [2.05, 4.69) is 10.2 Å². The summed E-state index contributed by atoms with van der Waals surface area (Å²) in [5.74, 6) is -2.40. The lowest BCUT2D eigenvalue weighted by molar-refractivity contribution is -0.103. The Bertz CT molecular complexity index is 1530. The van der Waals surface area contributed by atoms with Gasteiger partial charge < -0.3 is 9.52 Å². The molecule has 0 amide bonds. The van der Waals surface area contributed by atoms with Crippen LogP contribution in [0.2, 0.25) is 0 Å². The van der Waals surface area contributed by atoms with Gasteiger partial charge in [0.25, 0.3) is 0 Å². The molecule has 38 heavy (non-hydrogen) atoms. The van der Waals surface area contributed by atoms with Crippen LogP contribution in [0, 0.1) is 17.6 Å². The molecule has 11 heteroatoms. The molecule has 202 valence electrons. The maximum atomic E-state index is 15.7. The molecule has 2 aliphatic carbocycles. The molecule has 2 heterocycles. The lowest BCUT2D eigenvalue weighted by Crippen LogP contribution is -2.57. The topological polar surface area (TPSA) is 116 Å². The van der Waals surface area contributed by atoms with Crippen LogP contribution in [0.15, 0.2) is 51.7 Å². The minimum atomic E-state index is -3.84. The molecule has 1 aliphatic heterocycles. The first-order valence-electron chi connectivity index (χ1n) is 12.9. The lowest BCUT2D eigenvalue weighted by atomic mass is 9.54. The molecule has 8 nitrogen and oxygen atoms in total. The third kappa shape index (κ3) is 4.02. The van der Waals surface area contributed by atoms with Crippen molar-refractivity contribution < 1.29 is 26.7 Å². The highest BCUT2D eigenvalue weighted by molar-refractivity contribution is 7.89. The van der Waals surface area contributed by atoms with Gasteiger partial charge in [0, 0.05) is 23.7 Å². The first kappa shape index (κ1) is 25.4. The van der Waals surface area contributed by atoms with Gasteiger partial charge >= 0.3 is 5.76 Å². The fraction of sp³-hybridized carbons (Fsp3) is 0.481. The number of nitrogens with one attached hydrogen (secondary N) is 1. The minimum absolute atomic E-state index is 0.0461. The molecule has 2 saturated carbocycles. The quantitative estimate of drug-likeness (QED) is 0.485. The molecule has 2 atom stereocenters. The van der Waals surface area contributed by atoms with Gasteiger partial charge in [0.1, 0.15) is 16.9 Å². The average molecular weight is 546 g/mol. The summed E-state index contributed by atoms with van der Waals surface area (Å²) in [4.78, 5) is 11.7. The molecule has 2 aromatic carbocycles. The zero-order valence-corrected chi connectivity index (χ0v) is 21.7. The fourth-order valence-corrected chi connectivity index (χ4v) is 8.58. The Labute approximate surface area is 218 Å². The molecule has 6 rings (SSSR count). The smallest absolute Gasteiger partial charge is 0.391 e. The average Bonchev–Trinajstić information content (AvgIpc) is 3.63. The second-order valence-electron chi connectivity index (χ2n) is 11.1. The molecule has 3 fully saturated rings. The van der Waals surface area contributed by atoms with Crippen molar-refractivity contribution in [2.75, 3.05) is 0 Å². The highest BCUT2D eigenvalue weighted by atomic mass is 32.2. The largest absolute Gasteiger partial charge is 0.434 e. The first-order valence-corrected chi connectivity index (χ1v) is 14.4. The van der Waals surface area contributed by atoms with Crippen LogP contribution in [0.5, 0.6) is 0 Å². The van der Waals surface area contributed by atoms with Gasteiger partial charge in [-0.25, -0.2) is 27.1 Å². The summed E-state index contributed by atoms with van der Waals surface area (Å²) in [6.45, 7) is 1.45. The van der Waals surface area contributed by atoms with Gasteiger partial charge in [-0.1, -0.05) is 30.3 Å². The molecule has 2 N–H and O–H groups in total. The second-order valence-corrected chi connectivity index (χ2v) is 13.1. The van der Waals surface area contributed by atoms with Crippen molar-refractivity contribution in [2.24, 2.45) is 5.92 Å². The molecule has 0 radical (unpaired) electrons. The van der Waals surface area contributed by atoms with Crippen molar-refractivity contribution >= 4 is 10.0 Å². The highest BCUT2D eigenvalue weighted by Gasteiger charge is 2.64. The molecular weight excluding hydrogens is 516 g/mol. The third-order valence-electron chi connectivity index (χ3n) is 8.57. The summed E-state index contributed by atoms with van der Waals surface area (Å²) >= 11 is 0. The Balaban J connectivity index is 1.34. The van der Waals surface area contributed by atoms with Crippen molar-refractivity contribution in [3.8, 4) is 0 Å². The second kappa shape index (κ2) is 8.82. The minimum Gasteiger partial charge on any atom is -0.391 e. The van der Waals surface area contributed by atoms with Crippen molar-refractivity contribution in [1.82, 2.24) is 14.5 Å². The summed E-state index contributed by atoms with van der Waals surface area (Å²) in [6, 6.07) is 10.6. The van der Waals surface area contributed by atoms with Crippen molar-refractivity contribution in [1.29, 1.82) is 0 Å². The summed E-state index contributed by atoms with van der Waals surface area (Å²) < 4.78 is 64.9. The van der Waals surface area contributed by atoms with E-state index in [1.165, 1.54) is 4.31 Å². The van der Waals surface area contributed by atoms with Gasteiger partial charge in [0.2, 0.25) is 15.9 Å². The summed E-state index contributed by atoms with van der Waals surface area (Å²) in [6.07, 6.45) is 2.82. The summed E-state index contributed by atoms with van der Waals surface area (Å²) in [5.41, 5.74) is -1.87. The predicted molar refractivity (Wildman–Crippen MR) is 134 cm³/mol. The standard InChI is InChI=1S/C27H29F2N3O5S/c1-16-7-10-23(17-5-3-2-4-6-17)38(35,36)32(16)13-18-11-22(29)20(12-21(18)28)26(24-30-31-25(33)37-24)14-27(34,15-26)19-8-9-19/h2-6,11-12,16,19,23,34H,7-10,13-15H2,1H3,(H,31,33)/t16-,23+,26-,27+/m0/s1. The molecule has 0 unspecified atom stereocenters. The molecule has 0 spiro atoms. The van der Waals surface area contributed by atoms with Gasteiger partial charge in [-0.2, -0.15) is 4.31 Å². The van der Waals surface area contributed by atoms with E-state index in [-0.39, 0.29) is 48.4 Å². The monoisotopic (exact) mass is 545 g/mol. The predicted octanol–water partition coefficient (Wildman–Crippen LogP) is 3.92. The number of aromatic amines is 1. The maximum absolute atomic E-state index is 15.7. The summed E-state index contributed by atoms with van der Waals surface area (Å²) in [7, 11) is -3.84. The van der Waals surface area contributed by atoms with Crippen molar-refractivity contribution in [3.63, 3.8) is 0 Å². The van der Waals surface area contributed by atoms with E-state index < -0.39 is 43.7 Å². The first-order chi connectivity index (χ1) is 18.0. The van der Waals surface area contributed by atoms with Crippen molar-refractivity contribution in [2.45, 2.75) is 74.3 Å². The number of hydrogen-bond acceptors (Lipinski definition) is 6. The number of aliphatic hydroxyl groups is 1. The Morgan fingerprint density at radius 2 is 1.82 bits per heavy atom. The molecule has 0 bridgehead atoms. The van der Waals surface area contributed by atoms with E-state index >= 15 is 8.78 Å². The van der Waals surface area contributed by atoms with Crippen LogP contribution in [0.4, 0.5) is 8.78 Å². The number of sulfonamides is 1. The maximum Gasteiger partial charge on any atom is 0.434 e. The number of rotatable bonds is 6. The van der Waals surface area contributed by atoms with Crippen LogP contribution in [0.1, 0.15) is 73.3 Å². The zero-order valence-electron chi connectivity index (χ0n) is 20.9. The van der Waals surface area contributed by atoms with Crippen molar-refractivity contribution in [3.05, 3.63) is 87.2 Å². The molecule has 3 aromatic rings. The van der Waals surface area contributed by atoms with Crippen LogP contribution < -0.4 is 5.76 Å². The van der Waals surface area contributed by atoms with E-state index in [1.807, 2.05) is 6.07 Å². The van der Waals surface area contributed by atoms with Crippen LogP contribution >= 0.6 is 0 Å². The zero-order chi connectivity index (χ0) is 26.9. The number of aromatic nitrogens is 2. The van der Waals surface area contributed by atoms with Crippen LogP contribution in [0.3, 0.4) is 0 Å². The van der Waals surface area contributed by atoms with E-state index in [9.17, 15) is 18.3 Å².